The van der Waals surface area contributed by atoms with Gasteiger partial charge in [0, 0.05) is 40.5 Å². The minimum absolute atomic E-state index is 0.0349. The van der Waals surface area contributed by atoms with Crippen LogP contribution in [0.25, 0.3) is 0 Å². The van der Waals surface area contributed by atoms with Gasteiger partial charge in [0.25, 0.3) is 0 Å². The first-order chi connectivity index (χ1) is 18.0. The molecule has 0 aromatic carbocycles. The van der Waals surface area contributed by atoms with Crippen molar-refractivity contribution in [3.63, 3.8) is 0 Å². The van der Waals surface area contributed by atoms with Crippen LogP contribution in [0.1, 0.15) is 66.2 Å². The van der Waals surface area contributed by atoms with E-state index in [1.807, 2.05) is 13.8 Å². The highest BCUT2D eigenvalue weighted by Gasteiger charge is 2.89. The van der Waals surface area contributed by atoms with E-state index in [-0.39, 0.29) is 42.6 Å². The summed E-state index contributed by atoms with van der Waals surface area (Å²) in [5.41, 5.74) is -2.39. The molecule has 7 nitrogen and oxygen atoms in total. The Balaban J connectivity index is 1.40. The molecule has 0 N–H and O–H groups in total. The zero-order chi connectivity index (χ0) is 26.6. The van der Waals surface area contributed by atoms with Crippen LogP contribution in [0.15, 0.2) is 11.6 Å². The van der Waals surface area contributed by atoms with Crippen LogP contribution in [0.4, 0.5) is 0 Å². The normalized spacial score (nSPS) is 58.7. The summed E-state index contributed by atoms with van der Waals surface area (Å²) in [7, 11) is 0. The molecular formula is C30H38ClNO6. The summed E-state index contributed by atoms with van der Waals surface area (Å²) in [6.07, 6.45) is 6.29. The van der Waals surface area contributed by atoms with Crippen molar-refractivity contribution in [3.8, 4) is 0 Å². The predicted octanol–water partition coefficient (Wildman–Crippen LogP) is 3.87. The maximum Gasteiger partial charge on any atom is 0.306 e. The van der Waals surface area contributed by atoms with Crippen LogP contribution in [0.5, 0.6) is 0 Å². The van der Waals surface area contributed by atoms with Gasteiger partial charge < -0.3 is 14.2 Å². The summed E-state index contributed by atoms with van der Waals surface area (Å²) < 4.78 is 19.8. The van der Waals surface area contributed by atoms with Gasteiger partial charge in [0.1, 0.15) is 17.2 Å². The average molecular weight is 544 g/mol. The lowest BCUT2D eigenvalue weighted by atomic mass is 9.34. The highest BCUT2D eigenvalue weighted by atomic mass is 35.5. The molecule has 3 aliphatic carbocycles. The van der Waals surface area contributed by atoms with Crippen molar-refractivity contribution in [1.82, 2.24) is 4.90 Å². The second kappa shape index (κ2) is 7.13. The lowest BCUT2D eigenvalue weighted by Gasteiger charge is -2.73. The van der Waals surface area contributed by atoms with E-state index in [9.17, 15) is 14.4 Å². The van der Waals surface area contributed by atoms with E-state index in [4.69, 9.17) is 25.8 Å². The highest BCUT2D eigenvalue weighted by Crippen LogP contribution is 2.80. The minimum Gasteiger partial charge on any atom is -0.465 e. The fourth-order valence-electron chi connectivity index (χ4n) is 11.6. The number of halogens is 1. The molecule has 8 rings (SSSR count). The van der Waals surface area contributed by atoms with Crippen LogP contribution in [-0.2, 0) is 28.6 Å². The standard InChI is InChI=1S/C30H38ClNO6/c1-15-8-19-22(20(33)9-15)17(3)23(35)24-27(11-21(34)36-13-27)26(4)5-6-28-10-16(2)7-18(38-28)12-32(28)30(26)25(31)29(19,24)14-37-30/h9,16-19,22,24-25H,5-8,10-14H2,1-4H3/t16-,17+,18+,19+,22-,24+,25+,26-,27+,28?,29-,30+/m0/s1. The first kappa shape index (κ1) is 24.5. The molecule has 8 aliphatic rings. The van der Waals surface area contributed by atoms with Gasteiger partial charge in [-0.3, -0.25) is 14.4 Å². The summed E-state index contributed by atoms with van der Waals surface area (Å²) in [6, 6.07) is 0. The van der Waals surface area contributed by atoms with Gasteiger partial charge in [0.05, 0.1) is 31.1 Å². The quantitative estimate of drug-likeness (QED) is 0.339. The monoisotopic (exact) mass is 543 g/mol. The number of Topliss-reactive ketones (excluding diaryl/α,β-unsaturated/α-hetero) is 1. The molecule has 0 radical (unpaired) electrons. The molecule has 5 aliphatic heterocycles. The number of ether oxygens (including phenoxy) is 3. The highest BCUT2D eigenvalue weighted by molar-refractivity contribution is 6.23. The number of piperidine rings is 1. The molecule has 0 aromatic rings. The van der Waals surface area contributed by atoms with Crippen molar-refractivity contribution >= 4 is 29.1 Å². The lowest BCUT2D eigenvalue weighted by molar-refractivity contribution is -0.332. The van der Waals surface area contributed by atoms with Crippen molar-refractivity contribution < 1.29 is 28.6 Å². The topological polar surface area (TPSA) is 82.1 Å². The van der Waals surface area contributed by atoms with E-state index in [1.54, 1.807) is 6.08 Å². The smallest absolute Gasteiger partial charge is 0.306 e. The molecule has 206 valence electrons. The largest absolute Gasteiger partial charge is 0.465 e. The summed E-state index contributed by atoms with van der Waals surface area (Å²) in [5, 5.41) is -0.510. The number of alkyl halides is 1. The van der Waals surface area contributed by atoms with Crippen LogP contribution in [0.3, 0.4) is 0 Å². The zero-order valence-corrected chi connectivity index (χ0v) is 23.5. The molecule has 5 saturated heterocycles. The molecular weight excluding hydrogens is 506 g/mol. The van der Waals surface area contributed by atoms with E-state index in [1.165, 1.54) is 0 Å². The number of esters is 1. The Labute approximate surface area is 228 Å². The van der Waals surface area contributed by atoms with Crippen LogP contribution in [0, 0.1) is 45.8 Å². The van der Waals surface area contributed by atoms with Crippen LogP contribution >= 0.6 is 11.6 Å². The number of carbonyl (C=O) groups excluding carboxylic acids is 3. The van der Waals surface area contributed by atoms with Gasteiger partial charge in [0.15, 0.2) is 5.78 Å². The fourth-order valence-corrected chi connectivity index (χ4v) is 12.4. The third-order valence-electron chi connectivity index (χ3n) is 13.0. The second-order valence-electron chi connectivity index (χ2n) is 14.5. The Morgan fingerprint density at radius 1 is 1.13 bits per heavy atom. The van der Waals surface area contributed by atoms with Crippen LogP contribution < -0.4 is 0 Å². The van der Waals surface area contributed by atoms with Gasteiger partial charge in [-0.15, -0.1) is 11.6 Å². The van der Waals surface area contributed by atoms with E-state index >= 15 is 0 Å². The number of fused-ring (bicyclic) bond motifs is 4. The Hall–Kier alpha value is -1.28. The van der Waals surface area contributed by atoms with Crippen LogP contribution in [0.2, 0.25) is 0 Å². The number of hydrogen-bond acceptors (Lipinski definition) is 7. The van der Waals surface area contributed by atoms with Gasteiger partial charge in [-0.05, 0) is 56.9 Å². The summed E-state index contributed by atoms with van der Waals surface area (Å²) >= 11 is 7.88. The number of carbonyl (C=O) groups is 3. The Kier molecular flexibility index (Phi) is 4.60. The molecule has 8 heteroatoms. The van der Waals surface area contributed by atoms with Crippen molar-refractivity contribution in [3.05, 3.63) is 11.6 Å². The lowest BCUT2D eigenvalue weighted by Crippen LogP contribution is -2.82. The van der Waals surface area contributed by atoms with Crippen molar-refractivity contribution in [1.29, 1.82) is 0 Å². The Morgan fingerprint density at radius 2 is 1.92 bits per heavy atom. The molecule has 0 amide bonds. The fraction of sp³-hybridized carbons (Fsp3) is 0.833. The Bertz CT molecular complexity index is 1220. The number of rotatable bonds is 0. The van der Waals surface area contributed by atoms with Crippen LogP contribution in [-0.4, -0.2) is 65.1 Å². The third kappa shape index (κ3) is 2.35. The zero-order valence-electron chi connectivity index (χ0n) is 22.8. The molecule has 5 heterocycles. The molecule has 4 spiro atoms. The molecule has 7 fully saturated rings. The molecule has 4 bridgehead atoms. The van der Waals surface area contributed by atoms with E-state index in [0.717, 1.165) is 44.2 Å². The van der Waals surface area contributed by atoms with Crippen molar-refractivity contribution in [2.24, 2.45) is 45.8 Å². The maximum atomic E-state index is 14.6. The van der Waals surface area contributed by atoms with E-state index < -0.39 is 50.8 Å². The first-order valence-corrected chi connectivity index (χ1v) is 15.0. The van der Waals surface area contributed by atoms with Crippen molar-refractivity contribution in [2.45, 2.75) is 89.2 Å². The van der Waals surface area contributed by atoms with Gasteiger partial charge in [-0.1, -0.05) is 26.3 Å². The number of ketones is 2. The number of hydrogen-bond donors (Lipinski definition) is 0. The molecule has 38 heavy (non-hydrogen) atoms. The average Bonchev–Trinajstić information content (AvgIpc) is 3.45. The van der Waals surface area contributed by atoms with Gasteiger partial charge in [-0.25, -0.2) is 4.90 Å². The van der Waals surface area contributed by atoms with Crippen molar-refractivity contribution in [2.75, 3.05) is 19.8 Å². The molecule has 2 saturated carbocycles. The predicted molar refractivity (Wildman–Crippen MR) is 137 cm³/mol. The molecule has 12 atom stereocenters. The Morgan fingerprint density at radius 3 is 2.66 bits per heavy atom. The first-order valence-electron chi connectivity index (χ1n) is 14.6. The van der Waals surface area contributed by atoms with E-state index in [2.05, 4.69) is 18.7 Å². The summed E-state index contributed by atoms with van der Waals surface area (Å²) in [6.45, 7) is 9.73. The summed E-state index contributed by atoms with van der Waals surface area (Å²) in [5.74, 6) is -1.04. The number of allylic oxidation sites excluding steroid dienone is 2. The SMILES string of the molecule is CC1=CC(=O)[C@@H]2[C@@H](C1)[C@]13CO[C@@]4([C@@H]1Cl)N1C[C@H]5C[C@H](C)CC1(CC[C@@]4(C)[C@]1(COC(=O)C1)[C@H]3C(=O)[C@@H]2C)O5. The maximum absolute atomic E-state index is 14.6. The van der Waals surface area contributed by atoms with E-state index in [0.29, 0.717) is 12.5 Å². The number of nitrogens with zero attached hydrogens (tertiary/aromatic N) is 1. The number of cyclic esters (lactones) is 1. The molecule has 0 aromatic heterocycles. The molecule has 1 unspecified atom stereocenters. The van der Waals surface area contributed by atoms with Gasteiger partial charge in [-0.2, -0.15) is 0 Å². The van der Waals surface area contributed by atoms with Gasteiger partial charge >= 0.3 is 5.97 Å². The minimum atomic E-state index is -0.903. The second-order valence-corrected chi connectivity index (χ2v) is 14.9. The van der Waals surface area contributed by atoms with Gasteiger partial charge in [0.2, 0.25) is 0 Å². The third-order valence-corrected chi connectivity index (χ3v) is 13.7. The summed E-state index contributed by atoms with van der Waals surface area (Å²) in [4.78, 5) is 43.6.